The van der Waals surface area contributed by atoms with Crippen molar-refractivity contribution in [3.05, 3.63) is 64.7 Å². The molecule has 1 fully saturated rings. The zero-order valence-electron chi connectivity index (χ0n) is 14.3. The molecule has 0 unspecified atom stereocenters. The maximum Gasteiger partial charge on any atom is 0.267 e. The largest absolute Gasteiger partial charge is 0.354 e. The zero-order chi connectivity index (χ0) is 18.1. The van der Waals surface area contributed by atoms with Crippen LogP contribution in [0.2, 0.25) is 0 Å². The van der Waals surface area contributed by atoms with Crippen LogP contribution in [0.25, 0.3) is 11.3 Å². The smallest absolute Gasteiger partial charge is 0.267 e. The lowest BCUT2D eigenvalue weighted by molar-refractivity contribution is -0.122. The van der Waals surface area contributed by atoms with E-state index in [2.05, 4.69) is 22.6 Å². The Balaban J connectivity index is 1.43. The van der Waals surface area contributed by atoms with E-state index >= 15 is 0 Å². The summed E-state index contributed by atoms with van der Waals surface area (Å²) >= 11 is 0. The van der Waals surface area contributed by atoms with Crippen LogP contribution < -0.4 is 10.9 Å². The molecule has 26 heavy (non-hydrogen) atoms. The van der Waals surface area contributed by atoms with E-state index in [1.165, 1.54) is 24.6 Å². The highest BCUT2D eigenvalue weighted by Crippen LogP contribution is 2.42. The van der Waals surface area contributed by atoms with Crippen LogP contribution in [0.3, 0.4) is 0 Å². The van der Waals surface area contributed by atoms with Gasteiger partial charge in [0.1, 0.15) is 12.4 Å². The Morgan fingerprint density at radius 1 is 1.19 bits per heavy atom. The molecule has 1 N–H and O–H groups in total. The second-order valence-corrected chi connectivity index (χ2v) is 7.04. The van der Waals surface area contributed by atoms with Gasteiger partial charge in [-0.3, -0.25) is 9.59 Å². The lowest BCUT2D eigenvalue weighted by Gasteiger charge is -2.18. The summed E-state index contributed by atoms with van der Waals surface area (Å²) < 4.78 is 15.0. The van der Waals surface area contributed by atoms with Crippen molar-refractivity contribution in [1.29, 1.82) is 0 Å². The summed E-state index contributed by atoms with van der Waals surface area (Å²) in [6.07, 6.45) is 6.81. The number of hydrogen-bond donors (Lipinski definition) is 1. The van der Waals surface area contributed by atoms with E-state index in [0.717, 1.165) is 11.1 Å². The number of carbonyl (C=O) groups is 1. The lowest BCUT2D eigenvalue weighted by atomic mass is 9.94. The van der Waals surface area contributed by atoms with Gasteiger partial charge in [0.2, 0.25) is 5.91 Å². The van der Waals surface area contributed by atoms with Crippen molar-refractivity contribution >= 4 is 5.91 Å². The Kier molecular flexibility index (Phi) is 4.41. The highest BCUT2D eigenvalue weighted by Gasteiger charge is 2.35. The molecule has 134 valence electrons. The summed E-state index contributed by atoms with van der Waals surface area (Å²) in [5, 5.41) is 7.06. The first-order valence-corrected chi connectivity index (χ1v) is 8.88. The number of allylic oxidation sites excluding steroid dienone is 2. The van der Waals surface area contributed by atoms with E-state index in [-0.39, 0.29) is 18.0 Å². The summed E-state index contributed by atoms with van der Waals surface area (Å²) in [6.45, 7) is 0.448. The van der Waals surface area contributed by atoms with Crippen molar-refractivity contribution in [1.82, 2.24) is 15.1 Å². The first-order valence-electron chi connectivity index (χ1n) is 8.88. The van der Waals surface area contributed by atoms with Gasteiger partial charge in [-0.15, -0.1) is 0 Å². The molecule has 4 rings (SSSR count). The van der Waals surface area contributed by atoms with Gasteiger partial charge in [-0.25, -0.2) is 9.07 Å². The van der Waals surface area contributed by atoms with Gasteiger partial charge in [0.15, 0.2) is 0 Å². The minimum absolute atomic E-state index is 0.169. The van der Waals surface area contributed by atoms with Gasteiger partial charge >= 0.3 is 0 Å². The van der Waals surface area contributed by atoms with Crippen molar-refractivity contribution in [2.75, 3.05) is 6.54 Å². The van der Waals surface area contributed by atoms with E-state index in [0.29, 0.717) is 35.6 Å². The molecule has 2 aromatic rings. The van der Waals surface area contributed by atoms with Crippen LogP contribution in [0.15, 0.2) is 53.3 Å². The van der Waals surface area contributed by atoms with Gasteiger partial charge in [0, 0.05) is 18.2 Å². The fraction of sp³-hybridized carbons (Fsp3) is 0.350. The number of fused-ring (bicyclic) bond motifs is 2. The van der Waals surface area contributed by atoms with E-state index in [4.69, 9.17) is 0 Å². The first kappa shape index (κ1) is 16.7. The molecular weight excluding hydrogens is 333 g/mol. The van der Waals surface area contributed by atoms with Crippen LogP contribution in [0, 0.1) is 23.6 Å². The third-order valence-corrected chi connectivity index (χ3v) is 5.29. The van der Waals surface area contributed by atoms with Crippen LogP contribution >= 0.6 is 0 Å². The fourth-order valence-electron chi connectivity index (χ4n) is 3.94. The number of aromatic nitrogens is 2. The average molecular weight is 353 g/mol. The van der Waals surface area contributed by atoms with Crippen LogP contribution in [0.5, 0.6) is 0 Å². The summed E-state index contributed by atoms with van der Waals surface area (Å²) in [5.74, 6) is 1.02. The third-order valence-electron chi connectivity index (χ3n) is 5.29. The summed E-state index contributed by atoms with van der Waals surface area (Å²) in [6, 6.07) is 9.00. The maximum atomic E-state index is 13.9. The van der Waals surface area contributed by atoms with Crippen LogP contribution in [0.1, 0.15) is 12.8 Å². The van der Waals surface area contributed by atoms with Gasteiger partial charge in [0.25, 0.3) is 5.56 Å². The number of halogens is 1. The minimum atomic E-state index is -0.418. The summed E-state index contributed by atoms with van der Waals surface area (Å²) in [7, 11) is 0. The molecule has 2 aliphatic carbocycles. The normalized spacial score (nSPS) is 23.3. The molecule has 2 bridgehead atoms. The average Bonchev–Trinajstić information content (AvgIpc) is 3.25. The molecule has 3 atom stereocenters. The van der Waals surface area contributed by atoms with Crippen molar-refractivity contribution in [2.45, 2.75) is 19.4 Å². The molecule has 0 spiro atoms. The summed E-state index contributed by atoms with van der Waals surface area (Å²) in [4.78, 5) is 24.2. The first-order chi connectivity index (χ1) is 12.6. The molecule has 2 aliphatic rings. The lowest BCUT2D eigenvalue weighted by Crippen LogP contribution is -2.36. The van der Waals surface area contributed by atoms with Crippen molar-refractivity contribution in [3.63, 3.8) is 0 Å². The quantitative estimate of drug-likeness (QED) is 0.840. The number of rotatable bonds is 5. The van der Waals surface area contributed by atoms with Gasteiger partial charge in [0.05, 0.1) is 5.69 Å². The number of amides is 1. The van der Waals surface area contributed by atoms with Gasteiger partial charge in [-0.05, 0) is 48.8 Å². The monoisotopic (exact) mass is 353 g/mol. The molecule has 6 heteroatoms. The molecule has 1 amide bonds. The Morgan fingerprint density at radius 3 is 2.77 bits per heavy atom. The molecule has 5 nitrogen and oxygen atoms in total. The topological polar surface area (TPSA) is 64.0 Å². The highest BCUT2D eigenvalue weighted by atomic mass is 19.1. The van der Waals surface area contributed by atoms with Crippen molar-refractivity contribution in [3.8, 4) is 11.3 Å². The molecule has 0 aliphatic heterocycles. The number of carbonyl (C=O) groups excluding carboxylic acids is 1. The van der Waals surface area contributed by atoms with E-state index in [1.54, 1.807) is 18.2 Å². The molecule has 1 heterocycles. The Labute approximate surface area is 150 Å². The number of nitrogens with zero attached hydrogens (tertiary/aromatic N) is 2. The molecular formula is C20H20FN3O2. The molecule has 1 aromatic carbocycles. The van der Waals surface area contributed by atoms with Gasteiger partial charge in [-0.1, -0.05) is 24.3 Å². The predicted octanol–water partition coefficient (Wildman–Crippen LogP) is 2.38. The van der Waals surface area contributed by atoms with Crippen LogP contribution in [0.4, 0.5) is 4.39 Å². The molecule has 0 saturated heterocycles. The fourth-order valence-corrected chi connectivity index (χ4v) is 3.94. The standard InChI is InChI=1S/C20H20FN3O2/c21-17-4-2-1-3-16(17)18-7-8-20(26)24(23-18)12-19(25)22-11-15-10-13-5-6-14(15)9-13/h1-8,13-15H,9-12H2,(H,22,25)/t13-,14-,15+/m0/s1. The maximum absolute atomic E-state index is 13.9. The Bertz CT molecular complexity index is 921. The third kappa shape index (κ3) is 3.31. The van der Waals surface area contributed by atoms with Gasteiger partial charge in [-0.2, -0.15) is 5.10 Å². The van der Waals surface area contributed by atoms with E-state index in [1.807, 2.05) is 0 Å². The number of hydrogen-bond acceptors (Lipinski definition) is 3. The van der Waals surface area contributed by atoms with Crippen LogP contribution in [-0.4, -0.2) is 22.2 Å². The predicted molar refractivity (Wildman–Crippen MR) is 95.7 cm³/mol. The number of nitrogens with one attached hydrogen (secondary N) is 1. The van der Waals surface area contributed by atoms with Crippen molar-refractivity contribution in [2.24, 2.45) is 17.8 Å². The van der Waals surface area contributed by atoms with Gasteiger partial charge < -0.3 is 5.32 Å². The van der Waals surface area contributed by atoms with Crippen molar-refractivity contribution < 1.29 is 9.18 Å². The summed E-state index contributed by atoms with van der Waals surface area (Å²) in [5.41, 5.74) is 0.243. The highest BCUT2D eigenvalue weighted by molar-refractivity contribution is 5.75. The zero-order valence-corrected chi connectivity index (χ0v) is 14.3. The van der Waals surface area contributed by atoms with Crippen LogP contribution in [-0.2, 0) is 11.3 Å². The molecule has 0 radical (unpaired) electrons. The second kappa shape index (κ2) is 6.86. The number of benzene rings is 1. The van der Waals surface area contributed by atoms with E-state index < -0.39 is 5.82 Å². The van der Waals surface area contributed by atoms with E-state index in [9.17, 15) is 14.0 Å². The Hall–Kier alpha value is -2.76. The molecule has 1 aromatic heterocycles. The minimum Gasteiger partial charge on any atom is -0.354 e. The Morgan fingerprint density at radius 2 is 2.04 bits per heavy atom. The SMILES string of the molecule is O=C(Cn1nc(-c2ccccc2F)ccc1=O)NC[C@H]1C[C@H]2C=C[C@H]1C2. The molecule has 1 saturated carbocycles. The second-order valence-electron chi connectivity index (χ2n) is 7.04.